The lowest BCUT2D eigenvalue weighted by Crippen LogP contribution is -2.40. The van der Waals surface area contributed by atoms with Crippen LogP contribution in [0.15, 0.2) is 24.3 Å². The van der Waals surface area contributed by atoms with Gasteiger partial charge in [-0.25, -0.2) is 4.39 Å². The van der Waals surface area contributed by atoms with Gasteiger partial charge < -0.3 is 4.90 Å². The number of carbonyl (C=O) groups is 1. The van der Waals surface area contributed by atoms with Gasteiger partial charge in [0.05, 0.1) is 5.69 Å². The summed E-state index contributed by atoms with van der Waals surface area (Å²) in [7, 11) is 0. The van der Waals surface area contributed by atoms with Crippen molar-refractivity contribution in [3.8, 4) is 0 Å². The number of aromatic nitrogens is 2. The number of nitrogens with zero attached hydrogens (tertiary/aromatic N) is 2. The monoisotopic (exact) mass is 343 g/mol. The van der Waals surface area contributed by atoms with Crippen LogP contribution in [0.25, 0.3) is 0 Å². The van der Waals surface area contributed by atoms with E-state index in [1.165, 1.54) is 12.1 Å². The van der Waals surface area contributed by atoms with Gasteiger partial charge in [0, 0.05) is 31.6 Å². The molecule has 25 heavy (non-hydrogen) atoms. The summed E-state index contributed by atoms with van der Waals surface area (Å²) in [5.41, 5.74) is 4.36. The smallest absolute Gasteiger partial charge is 0.222 e. The summed E-state index contributed by atoms with van der Waals surface area (Å²) >= 11 is 0. The zero-order valence-corrected chi connectivity index (χ0v) is 15.0. The molecule has 1 aliphatic rings. The number of piperidine rings is 1. The first kappa shape index (κ1) is 17.6. The summed E-state index contributed by atoms with van der Waals surface area (Å²) in [6.07, 6.45) is 4.27. The van der Waals surface area contributed by atoms with Crippen LogP contribution in [0.5, 0.6) is 0 Å². The van der Waals surface area contributed by atoms with E-state index in [1.807, 2.05) is 30.9 Å². The number of aryl methyl sites for hydroxylation is 2. The van der Waals surface area contributed by atoms with Gasteiger partial charge >= 0.3 is 0 Å². The number of aromatic amines is 1. The maximum absolute atomic E-state index is 13.0. The van der Waals surface area contributed by atoms with Gasteiger partial charge in [-0.2, -0.15) is 5.10 Å². The van der Waals surface area contributed by atoms with Crippen LogP contribution in [0, 0.1) is 25.6 Å². The van der Waals surface area contributed by atoms with E-state index in [-0.39, 0.29) is 11.7 Å². The highest BCUT2D eigenvalue weighted by atomic mass is 19.1. The van der Waals surface area contributed by atoms with E-state index in [9.17, 15) is 9.18 Å². The van der Waals surface area contributed by atoms with Gasteiger partial charge in [-0.15, -0.1) is 0 Å². The highest BCUT2D eigenvalue weighted by molar-refractivity contribution is 5.76. The van der Waals surface area contributed by atoms with Crippen molar-refractivity contribution in [3.05, 3.63) is 52.6 Å². The van der Waals surface area contributed by atoms with E-state index in [0.717, 1.165) is 54.9 Å². The number of nitrogens with one attached hydrogen (secondary N) is 1. The van der Waals surface area contributed by atoms with Gasteiger partial charge in [0.15, 0.2) is 0 Å². The highest BCUT2D eigenvalue weighted by Crippen LogP contribution is 2.22. The molecule has 5 heteroatoms. The molecule has 2 heterocycles. The molecular weight excluding hydrogens is 317 g/mol. The molecule has 0 saturated carbocycles. The van der Waals surface area contributed by atoms with Crippen molar-refractivity contribution in [3.63, 3.8) is 0 Å². The van der Waals surface area contributed by atoms with Gasteiger partial charge in [0.1, 0.15) is 5.82 Å². The second-order valence-electron chi connectivity index (χ2n) is 7.10. The molecule has 1 fully saturated rings. The number of benzene rings is 1. The number of hydrogen-bond donors (Lipinski definition) is 1. The third kappa shape index (κ3) is 4.47. The SMILES string of the molecule is Cc1[nH]nc(CCC(=O)N2CCC[C@@H](Cc3ccc(F)cc3)C2)c1C. The van der Waals surface area contributed by atoms with Crippen LogP contribution in [-0.2, 0) is 17.6 Å². The van der Waals surface area contributed by atoms with Crippen LogP contribution in [0.4, 0.5) is 4.39 Å². The molecule has 0 radical (unpaired) electrons. The largest absolute Gasteiger partial charge is 0.342 e. The van der Waals surface area contributed by atoms with E-state index in [4.69, 9.17) is 0 Å². The van der Waals surface area contributed by atoms with Crippen molar-refractivity contribution in [2.45, 2.75) is 46.0 Å². The number of likely N-dealkylation sites (tertiary alicyclic amines) is 1. The van der Waals surface area contributed by atoms with Crippen LogP contribution in [-0.4, -0.2) is 34.1 Å². The normalized spacial score (nSPS) is 17.7. The zero-order chi connectivity index (χ0) is 17.8. The van der Waals surface area contributed by atoms with Gasteiger partial charge in [0.2, 0.25) is 5.91 Å². The Morgan fingerprint density at radius 1 is 1.32 bits per heavy atom. The molecule has 2 aromatic rings. The molecule has 1 aliphatic heterocycles. The fraction of sp³-hybridized carbons (Fsp3) is 0.500. The van der Waals surface area contributed by atoms with Gasteiger partial charge in [0.25, 0.3) is 0 Å². The van der Waals surface area contributed by atoms with Crippen molar-refractivity contribution in [1.82, 2.24) is 15.1 Å². The van der Waals surface area contributed by atoms with E-state index in [2.05, 4.69) is 10.2 Å². The maximum Gasteiger partial charge on any atom is 0.222 e. The number of H-pyrrole nitrogens is 1. The molecule has 134 valence electrons. The van der Waals surface area contributed by atoms with Crippen LogP contribution in [0.3, 0.4) is 0 Å². The second kappa shape index (κ2) is 7.81. The fourth-order valence-corrected chi connectivity index (χ4v) is 3.57. The van der Waals surface area contributed by atoms with Gasteiger partial charge in [-0.05, 0) is 62.3 Å². The molecule has 4 nitrogen and oxygen atoms in total. The average molecular weight is 343 g/mol. The Labute approximate surface area is 148 Å². The lowest BCUT2D eigenvalue weighted by atomic mass is 9.91. The van der Waals surface area contributed by atoms with E-state index in [0.29, 0.717) is 18.8 Å². The number of hydrogen-bond acceptors (Lipinski definition) is 2. The van der Waals surface area contributed by atoms with Crippen LogP contribution < -0.4 is 0 Å². The van der Waals surface area contributed by atoms with Crippen LogP contribution >= 0.6 is 0 Å². The predicted molar refractivity (Wildman–Crippen MR) is 95.8 cm³/mol. The molecule has 1 N–H and O–H groups in total. The maximum atomic E-state index is 13.0. The minimum absolute atomic E-state index is 0.201. The van der Waals surface area contributed by atoms with Crippen molar-refractivity contribution < 1.29 is 9.18 Å². The Hall–Kier alpha value is -2.17. The molecule has 0 unspecified atom stereocenters. The molecular formula is C20H26FN3O. The molecule has 1 saturated heterocycles. The van der Waals surface area contributed by atoms with E-state index < -0.39 is 0 Å². The summed E-state index contributed by atoms with van der Waals surface area (Å²) in [6, 6.07) is 6.71. The third-order valence-electron chi connectivity index (χ3n) is 5.24. The molecule has 1 aromatic heterocycles. The first-order valence-electron chi connectivity index (χ1n) is 9.05. The van der Waals surface area contributed by atoms with Crippen LogP contribution in [0.2, 0.25) is 0 Å². The molecule has 1 aromatic carbocycles. The Balaban J connectivity index is 1.52. The number of carbonyl (C=O) groups excluding carboxylic acids is 1. The molecule has 1 atom stereocenters. The minimum Gasteiger partial charge on any atom is -0.342 e. The van der Waals surface area contributed by atoms with Crippen molar-refractivity contribution >= 4 is 5.91 Å². The molecule has 3 rings (SSSR count). The summed E-state index contributed by atoms with van der Waals surface area (Å²) in [5.74, 6) is 0.467. The van der Waals surface area contributed by atoms with E-state index in [1.54, 1.807) is 0 Å². The van der Waals surface area contributed by atoms with E-state index >= 15 is 0 Å². The van der Waals surface area contributed by atoms with Gasteiger partial charge in [-0.3, -0.25) is 9.89 Å². The summed E-state index contributed by atoms with van der Waals surface area (Å²) in [4.78, 5) is 14.6. The average Bonchev–Trinajstić information content (AvgIpc) is 2.94. The fourth-order valence-electron chi connectivity index (χ4n) is 3.57. The number of rotatable bonds is 5. The Bertz CT molecular complexity index is 723. The Morgan fingerprint density at radius 3 is 2.76 bits per heavy atom. The third-order valence-corrected chi connectivity index (χ3v) is 5.24. The summed E-state index contributed by atoms with van der Waals surface area (Å²) in [5, 5.41) is 7.26. The Kier molecular flexibility index (Phi) is 5.51. The number of halogens is 1. The standard InChI is InChI=1S/C20H26FN3O/c1-14-15(2)22-23-19(14)9-10-20(25)24-11-3-4-17(13-24)12-16-5-7-18(21)8-6-16/h5-8,17H,3-4,9-13H2,1-2H3,(H,22,23)/t17-/m0/s1. The zero-order valence-electron chi connectivity index (χ0n) is 15.0. The van der Waals surface area contributed by atoms with Crippen LogP contribution in [0.1, 0.15) is 41.8 Å². The van der Waals surface area contributed by atoms with Crippen molar-refractivity contribution in [2.24, 2.45) is 5.92 Å². The van der Waals surface area contributed by atoms with Gasteiger partial charge in [-0.1, -0.05) is 12.1 Å². The highest BCUT2D eigenvalue weighted by Gasteiger charge is 2.24. The van der Waals surface area contributed by atoms with Crippen molar-refractivity contribution in [2.75, 3.05) is 13.1 Å². The molecule has 1 amide bonds. The predicted octanol–water partition coefficient (Wildman–Crippen LogP) is 3.58. The molecule has 0 aliphatic carbocycles. The quantitative estimate of drug-likeness (QED) is 0.902. The summed E-state index contributed by atoms with van der Waals surface area (Å²) < 4.78 is 13.0. The first-order valence-corrected chi connectivity index (χ1v) is 9.05. The number of amides is 1. The summed E-state index contributed by atoms with van der Waals surface area (Å²) in [6.45, 7) is 5.68. The van der Waals surface area contributed by atoms with Crippen molar-refractivity contribution in [1.29, 1.82) is 0 Å². The first-order chi connectivity index (χ1) is 12.0. The lowest BCUT2D eigenvalue weighted by molar-refractivity contribution is -0.133. The lowest BCUT2D eigenvalue weighted by Gasteiger charge is -2.33. The molecule has 0 spiro atoms. The second-order valence-corrected chi connectivity index (χ2v) is 7.10. The Morgan fingerprint density at radius 2 is 2.08 bits per heavy atom. The minimum atomic E-state index is -0.201. The topological polar surface area (TPSA) is 49.0 Å². The molecule has 0 bridgehead atoms.